The van der Waals surface area contributed by atoms with Gasteiger partial charge in [-0.3, -0.25) is 0 Å². The molecule has 0 nitrogen and oxygen atoms in total. The van der Waals surface area contributed by atoms with Crippen LogP contribution in [0.3, 0.4) is 0 Å². The molecule has 0 radical (unpaired) electrons. The van der Waals surface area contributed by atoms with Crippen molar-refractivity contribution in [2.24, 2.45) is 0 Å². The highest BCUT2D eigenvalue weighted by Crippen LogP contribution is 2.44. The van der Waals surface area contributed by atoms with Gasteiger partial charge in [-0.2, -0.15) is 0 Å². The van der Waals surface area contributed by atoms with Crippen molar-refractivity contribution in [3.8, 4) is 22.3 Å². The molecular weight excluding hydrogens is 414 g/mol. The standard InChI is InChI=1S/C30H25B5/c31-26-25(27(32)29(34)30(35)28(26)33)24-21-13-5-3-11-19(21)23(20-12-4-6-14-22(20)24)18-15-7-9-16-8-1-2-10-17(16)18/h1-15H,31-35H2. The van der Waals surface area contributed by atoms with Crippen LogP contribution in [0.15, 0.2) is 91.0 Å². The van der Waals surface area contributed by atoms with E-state index in [0.717, 1.165) is 0 Å². The number of rotatable bonds is 2. The van der Waals surface area contributed by atoms with E-state index in [4.69, 9.17) is 0 Å². The van der Waals surface area contributed by atoms with Crippen LogP contribution in [0.2, 0.25) is 0 Å². The van der Waals surface area contributed by atoms with Crippen LogP contribution >= 0.6 is 0 Å². The van der Waals surface area contributed by atoms with E-state index in [1.54, 1.807) is 0 Å². The number of hydrogen-bond donors (Lipinski definition) is 0. The predicted octanol–water partition coefficient (Wildman–Crippen LogP) is -0.228. The highest BCUT2D eigenvalue weighted by atomic mass is 14.2. The molecule has 0 fully saturated rings. The summed E-state index contributed by atoms with van der Waals surface area (Å²) in [6, 6.07) is 33.4. The van der Waals surface area contributed by atoms with Gasteiger partial charge in [0.2, 0.25) is 0 Å². The Morgan fingerprint density at radius 1 is 0.314 bits per heavy atom. The van der Waals surface area contributed by atoms with Crippen LogP contribution in [0.1, 0.15) is 0 Å². The van der Waals surface area contributed by atoms with Gasteiger partial charge >= 0.3 is 0 Å². The zero-order valence-corrected chi connectivity index (χ0v) is 21.2. The van der Waals surface area contributed by atoms with Crippen molar-refractivity contribution in [2.75, 3.05) is 0 Å². The molecule has 0 aromatic heterocycles. The molecule has 5 heteroatoms. The van der Waals surface area contributed by atoms with Crippen molar-refractivity contribution < 1.29 is 0 Å². The lowest BCUT2D eigenvalue weighted by Gasteiger charge is -2.24. The van der Waals surface area contributed by atoms with E-state index in [2.05, 4.69) is 130 Å². The van der Waals surface area contributed by atoms with Gasteiger partial charge in [0.15, 0.2) is 0 Å². The van der Waals surface area contributed by atoms with E-state index in [9.17, 15) is 0 Å². The van der Waals surface area contributed by atoms with Gasteiger partial charge in [0.05, 0.1) is 0 Å². The first kappa shape index (κ1) is 21.9. The molecule has 0 heterocycles. The van der Waals surface area contributed by atoms with Crippen LogP contribution < -0.4 is 27.3 Å². The smallest absolute Gasteiger partial charge is 0.102 e. The van der Waals surface area contributed by atoms with E-state index < -0.39 is 0 Å². The van der Waals surface area contributed by atoms with Crippen molar-refractivity contribution in [1.29, 1.82) is 0 Å². The third kappa shape index (κ3) is 3.22. The van der Waals surface area contributed by atoms with E-state index in [1.165, 1.54) is 81.9 Å². The van der Waals surface area contributed by atoms with Crippen molar-refractivity contribution in [1.82, 2.24) is 0 Å². The quantitative estimate of drug-likeness (QED) is 0.258. The maximum absolute atomic E-state index is 2.31. The van der Waals surface area contributed by atoms with Gasteiger partial charge in [0, 0.05) is 0 Å². The van der Waals surface area contributed by atoms with E-state index in [-0.39, 0.29) is 0 Å². The minimum Gasteiger partial charge on any atom is -0.102 e. The lowest BCUT2D eigenvalue weighted by Crippen LogP contribution is -2.55. The zero-order chi connectivity index (χ0) is 24.3. The van der Waals surface area contributed by atoms with E-state index in [1.807, 2.05) is 0 Å². The van der Waals surface area contributed by atoms with Gasteiger partial charge in [-0.1, -0.05) is 102 Å². The summed E-state index contributed by atoms with van der Waals surface area (Å²) >= 11 is 0. The van der Waals surface area contributed by atoms with Crippen LogP contribution in [0.25, 0.3) is 54.6 Å². The number of benzene rings is 6. The molecule has 0 aliphatic rings. The zero-order valence-electron chi connectivity index (χ0n) is 21.2. The summed E-state index contributed by atoms with van der Waals surface area (Å²) in [6.45, 7) is 0. The summed E-state index contributed by atoms with van der Waals surface area (Å²) in [6.07, 6.45) is 0. The van der Waals surface area contributed by atoms with Crippen LogP contribution in [0, 0.1) is 0 Å². The Kier molecular flexibility index (Phi) is 5.18. The molecular formula is C30H25B5. The molecule has 0 saturated heterocycles. The van der Waals surface area contributed by atoms with E-state index in [0.29, 0.717) is 0 Å². The molecule has 6 aromatic rings. The van der Waals surface area contributed by atoms with E-state index >= 15 is 0 Å². The van der Waals surface area contributed by atoms with Crippen LogP contribution in [-0.4, -0.2) is 39.2 Å². The van der Waals surface area contributed by atoms with Crippen LogP contribution in [0.5, 0.6) is 0 Å². The van der Waals surface area contributed by atoms with Crippen molar-refractivity contribution in [3.63, 3.8) is 0 Å². The first-order chi connectivity index (χ1) is 17.0. The second-order valence-electron chi connectivity index (χ2n) is 9.87. The fraction of sp³-hybridized carbons (Fsp3) is 0. The first-order valence-electron chi connectivity index (χ1n) is 12.5. The highest BCUT2D eigenvalue weighted by Gasteiger charge is 2.21. The van der Waals surface area contributed by atoms with Crippen LogP contribution in [0.4, 0.5) is 0 Å². The minimum absolute atomic E-state index is 1.28. The predicted molar refractivity (Wildman–Crippen MR) is 171 cm³/mol. The molecule has 0 amide bonds. The Labute approximate surface area is 211 Å². The minimum atomic E-state index is 1.28. The molecule has 6 rings (SSSR count). The second kappa shape index (κ2) is 8.27. The molecule has 6 aromatic carbocycles. The molecule has 0 N–H and O–H groups in total. The first-order valence-corrected chi connectivity index (χ1v) is 12.5. The SMILES string of the molecule is Bc1c(B)c(B)c(-c2c3ccccc3c(-c3cccc4ccccc34)c3ccccc23)c(B)c1B. The van der Waals surface area contributed by atoms with Gasteiger partial charge in [0.1, 0.15) is 39.2 Å². The fourth-order valence-electron chi connectivity index (χ4n) is 6.01. The van der Waals surface area contributed by atoms with Gasteiger partial charge in [-0.05, 0) is 54.6 Å². The molecule has 0 atom stereocenters. The maximum atomic E-state index is 2.31. The largest absolute Gasteiger partial charge is 0.139 e. The average molecular weight is 440 g/mol. The Balaban J connectivity index is 1.86. The fourth-order valence-corrected chi connectivity index (χ4v) is 6.01. The number of fused-ring (bicyclic) bond motifs is 3. The third-order valence-electron chi connectivity index (χ3n) is 8.24. The Hall–Kier alpha value is -3.58. The van der Waals surface area contributed by atoms with Gasteiger partial charge in [-0.25, -0.2) is 0 Å². The second-order valence-corrected chi connectivity index (χ2v) is 9.87. The van der Waals surface area contributed by atoms with Crippen LogP contribution in [-0.2, 0) is 0 Å². The topological polar surface area (TPSA) is 0 Å². The molecule has 160 valence electrons. The number of hydrogen-bond acceptors (Lipinski definition) is 0. The molecule has 0 bridgehead atoms. The van der Waals surface area contributed by atoms with Crippen molar-refractivity contribution in [3.05, 3.63) is 91.0 Å². The van der Waals surface area contributed by atoms with Crippen molar-refractivity contribution >= 4 is 98.9 Å². The maximum Gasteiger partial charge on any atom is 0.139 e. The molecule has 0 aliphatic heterocycles. The van der Waals surface area contributed by atoms with Gasteiger partial charge in [0.25, 0.3) is 0 Å². The summed E-state index contributed by atoms with van der Waals surface area (Å²) in [5.74, 6) is 0. The summed E-state index contributed by atoms with van der Waals surface area (Å²) in [7, 11) is 11.4. The Morgan fingerprint density at radius 2 is 0.714 bits per heavy atom. The Morgan fingerprint density at radius 3 is 1.26 bits per heavy atom. The van der Waals surface area contributed by atoms with Gasteiger partial charge < -0.3 is 0 Å². The Bertz CT molecular complexity index is 1710. The summed E-state index contributed by atoms with van der Waals surface area (Å²) in [4.78, 5) is 0. The van der Waals surface area contributed by atoms with Gasteiger partial charge in [-0.15, -0.1) is 16.4 Å². The summed E-state index contributed by atoms with van der Waals surface area (Å²) < 4.78 is 0. The lowest BCUT2D eigenvalue weighted by atomic mass is 9.59. The van der Waals surface area contributed by atoms with Crippen molar-refractivity contribution in [2.45, 2.75) is 0 Å². The summed E-state index contributed by atoms with van der Waals surface area (Å²) in [5.41, 5.74) is 12.4. The normalized spacial score (nSPS) is 11.4. The molecule has 0 aliphatic carbocycles. The lowest BCUT2D eigenvalue weighted by molar-refractivity contribution is 1.70. The molecule has 0 saturated carbocycles. The monoisotopic (exact) mass is 440 g/mol. The average Bonchev–Trinajstić information content (AvgIpc) is 2.90. The highest BCUT2D eigenvalue weighted by molar-refractivity contribution is 6.69. The molecule has 0 unspecified atom stereocenters. The molecule has 35 heavy (non-hydrogen) atoms. The molecule has 0 spiro atoms. The third-order valence-corrected chi connectivity index (χ3v) is 8.24. The summed E-state index contributed by atoms with van der Waals surface area (Å²) in [5, 5.41) is 7.84.